The molecule has 0 amide bonds. The number of aromatic nitrogens is 1. The molecule has 2 N–H and O–H groups in total. The van der Waals surface area contributed by atoms with Crippen molar-refractivity contribution in [1.82, 2.24) is 4.98 Å². The number of hydrogen-bond donors (Lipinski definition) is 1. The second kappa shape index (κ2) is 4.39. The Morgan fingerprint density at radius 1 is 1.25 bits per heavy atom. The highest BCUT2D eigenvalue weighted by Crippen LogP contribution is 2.24. The quantitative estimate of drug-likeness (QED) is 0.857. The van der Waals surface area contributed by atoms with Crippen LogP contribution >= 0.6 is 0 Å². The Bertz CT molecular complexity index is 471. The maximum atomic E-state index is 5.52. The highest BCUT2D eigenvalue weighted by molar-refractivity contribution is 5.62. The van der Waals surface area contributed by atoms with Crippen LogP contribution in [0.15, 0.2) is 28.7 Å². The molecule has 1 aromatic heterocycles. The Hall–Kier alpha value is -1.77. The van der Waals surface area contributed by atoms with Gasteiger partial charge in [-0.2, -0.15) is 4.98 Å². The zero-order valence-corrected chi connectivity index (χ0v) is 9.66. The molecule has 16 heavy (non-hydrogen) atoms. The maximum Gasteiger partial charge on any atom is 0.292 e. The number of benzene rings is 1. The van der Waals surface area contributed by atoms with E-state index in [0.717, 1.165) is 29.9 Å². The van der Waals surface area contributed by atoms with Crippen LogP contribution in [0.3, 0.4) is 0 Å². The number of anilines is 1. The fourth-order valence-corrected chi connectivity index (χ4v) is 1.80. The Morgan fingerprint density at radius 2 is 1.94 bits per heavy atom. The molecule has 0 aliphatic heterocycles. The molecule has 3 heteroatoms. The molecule has 0 radical (unpaired) electrons. The molecule has 1 heterocycles. The summed E-state index contributed by atoms with van der Waals surface area (Å²) < 4.78 is 5.21. The van der Waals surface area contributed by atoms with Crippen molar-refractivity contribution < 1.29 is 4.42 Å². The van der Waals surface area contributed by atoms with E-state index in [2.05, 4.69) is 36.2 Å². The van der Waals surface area contributed by atoms with E-state index in [4.69, 9.17) is 10.2 Å². The Labute approximate surface area is 95.3 Å². The predicted octanol–water partition coefficient (Wildman–Crippen LogP) is 3.18. The summed E-state index contributed by atoms with van der Waals surface area (Å²) >= 11 is 0. The minimum atomic E-state index is 0.227. The van der Waals surface area contributed by atoms with Crippen LogP contribution in [0.25, 0.3) is 11.3 Å². The summed E-state index contributed by atoms with van der Waals surface area (Å²) in [5.74, 6) is 0.765. The molecule has 0 unspecified atom stereocenters. The van der Waals surface area contributed by atoms with Crippen molar-refractivity contribution >= 4 is 6.01 Å². The van der Waals surface area contributed by atoms with Crippen LogP contribution in [0, 0.1) is 6.92 Å². The molecule has 0 aliphatic carbocycles. The molecule has 0 bridgehead atoms. The molecule has 3 nitrogen and oxygen atoms in total. The number of hydrogen-bond acceptors (Lipinski definition) is 3. The molecule has 0 atom stereocenters. The van der Waals surface area contributed by atoms with E-state index in [1.165, 1.54) is 5.56 Å². The Kier molecular flexibility index (Phi) is 2.95. The standard InChI is InChI=1S/C13H16N2O/c1-3-4-10-5-7-11(8-6-10)12-9(2)16-13(14)15-12/h5-8H,3-4H2,1-2H3,(H2,14,15). The molecule has 1 aromatic carbocycles. The largest absolute Gasteiger partial charge is 0.429 e. The first kappa shape index (κ1) is 10.7. The number of oxazole rings is 1. The second-order valence-corrected chi connectivity index (χ2v) is 3.90. The summed E-state index contributed by atoms with van der Waals surface area (Å²) in [4.78, 5) is 4.17. The van der Waals surface area contributed by atoms with Gasteiger partial charge in [-0.25, -0.2) is 0 Å². The van der Waals surface area contributed by atoms with E-state index in [-0.39, 0.29) is 6.01 Å². The van der Waals surface area contributed by atoms with Crippen LogP contribution in [-0.4, -0.2) is 4.98 Å². The van der Waals surface area contributed by atoms with Crippen LogP contribution in [0.5, 0.6) is 0 Å². The van der Waals surface area contributed by atoms with Gasteiger partial charge in [0.1, 0.15) is 11.5 Å². The van der Waals surface area contributed by atoms with Crippen molar-refractivity contribution in [2.24, 2.45) is 0 Å². The van der Waals surface area contributed by atoms with E-state index in [0.29, 0.717) is 0 Å². The van der Waals surface area contributed by atoms with Crippen molar-refractivity contribution in [3.8, 4) is 11.3 Å². The number of rotatable bonds is 3. The lowest BCUT2D eigenvalue weighted by atomic mass is 10.1. The monoisotopic (exact) mass is 216 g/mol. The van der Waals surface area contributed by atoms with Gasteiger partial charge in [0.25, 0.3) is 6.01 Å². The summed E-state index contributed by atoms with van der Waals surface area (Å²) in [6, 6.07) is 8.61. The van der Waals surface area contributed by atoms with Crippen molar-refractivity contribution in [2.45, 2.75) is 26.7 Å². The highest BCUT2D eigenvalue weighted by atomic mass is 16.4. The van der Waals surface area contributed by atoms with E-state index in [9.17, 15) is 0 Å². The van der Waals surface area contributed by atoms with Gasteiger partial charge in [0.2, 0.25) is 0 Å². The summed E-state index contributed by atoms with van der Waals surface area (Å²) in [5.41, 5.74) is 8.75. The fourth-order valence-electron chi connectivity index (χ4n) is 1.80. The fraction of sp³-hybridized carbons (Fsp3) is 0.308. The molecule has 84 valence electrons. The van der Waals surface area contributed by atoms with Crippen molar-refractivity contribution in [2.75, 3.05) is 5.73 Å². The van der Waals surface area contributed by atoms with Gasteiger partial charge >= 0.3 is 0 Å². The first-order valence-electron chi connectivity index (χ1n) is 5.53. The lowest BCUT2D eigenvalue weighted by Crippen LogP contribution is -1.86. The number of nitrogens with zero attached hydrogens (tertiary/aromatic N) is 1. The first-order valence-corrected chi connectivity index (χ1v) is 5.53. The second-order valence-electron chi connectivity index (χ2n) is 3.90. The molecule has 0 saturated carbocycles. The van der Waals surface area contributed by atoms with Crippen LogP contribution in [0.2, 0.25) is 0 Å². The average Bonchev–Trinajstić information content (AvgIpc) is 2.59. The Balaban J connectivity index is 2.31. The average molecular weight is 216 g/mol. The lowest BCUT2D eigenvalue weighted by molar-refractivity contribution is 0.549. The molecule has 0 aliphatic rings. The maximum absolute atomic E-state index is 5.52. The van der Waals surface area contributed by atoms with E-state index < -0.39 is 0 Å². The summed E-state index contributed by atoms with van der Waals surface area (Å²) in [7, 11) is 0. The molecule has 0 saturated heterocycles. The van der Waals surface area contributed by atoms with Crippen LogP contribution in [-0.2, 0) is 6.42 Å². The van der Waals surface area contributed by atoms with Gasteiger partial charge in [-0.1, -0.05) is 37.6 Å². The third-order valence-corrected chi connectivity index (χ3v) is 2.58. The van der Waals surface area contributed by atoms with Crippen molar-refractivity contribution in [3.05, 3.63) is 35.6 Å². The van der Waals surface area contributed by atoms with Crippen LogP contribution in [0.1, 0.15) is 24.7 Å². The molecule has 2 aromatic rings. The number of nitrogens with two attached hydrogens (primary N) is 1. The molecule has 2 rings (SSSR count). The van der Waals surface area contributed by atoms with E-state index in [1.54, 1.807) is 0 Å². The van der Waals surface area contributed by atoms with Crippen molar-refractivity contribution in [1.29, 1.82) is 0 Å². The summed E-state index contributed by atoms with van der Waals surface area (Å²) in [6.07, 6.45) is 2.27. The normalized spacial score (nSPS) is 10.6. The van der Waals surface area contributed by atoms with Gasteiger partial charge in [-0.3, -0.25) is 0 Å². The van der Waals surface area contributed by atoms with Gasteiger partial charge in [0, 0.05) is 5.56 Å². The van der Waals surface area contributed by atoms with Gasteiger partial charge in [-0.15, -0.1) is 0 Å². The smallest absolute Gasteiger partial charge is 0.292 e. The summed E-state index contributed by atoms with van der Waals surface area (Å²) in [6.45, 7) is 4.05. The van der Waals surface area contributed by atoms with Crippen molar-refractivity contribution in [3.63, 3.8) is 0 Å². The third-order valence-electron chi connectivity index (χ3n) is 2.58. The number of aryl methyl sites for hydroxylation is 2. The zero-order valence-electron chi connectivity index (χ0n) is 9.66. The summed E-state index contributed by atoms with van der Waals surface area (Å²) in [5, 5.41) is 0. The number of nitrogen functional groups attached to an aromatic ring is 1. The SMILES string of the molecule is CCCc1ccc(-c2nc(N)oc2C)cc1. The zero-order chi connectivity index (χ0) is 11.5. The molecular weight excluding hydrogens is 200 g/mol. The predicted molar refractivity (Wildman–Crippen MR) is 65.1 cm³/mol. The van der Waals surface area contributed by atoms with E-state index in [1.807, 2.05) is 6.92 Å². The van der Waals surface area contributed by atoms with Crippen LogP contribution < -0.4 is 5.73 Å². The van der Waals surface area contributed by atoms with Gasteiger partial charge in [-0.05, 0) is 18.9 Å². The van der Waals surface area contributed by atoms with Gasteiger partial charge in [0.15, 0.2) is 0 Å². The first-order chi connectivity index (χ1) is 7.70. The Morgan fingerprint density at radius 3 is 2.44 bits per heavy atom. The minimum absolute atomic E-state index is 0.227. The highest BCUT2D eigenvalue weighted by Gasteiger charge is 2.09. The topological polar surface area (TPSA) is 52.0 Å². The van der Waals surface area contributed by atoms with Gasteiger partial charge in [0.05, 0.1) is 0 Å². The minimum Gasteiger partial charge on any atom is -0.429 e. The van der Waals surface area contributed by atoms with Crippen LogP contribution in [0.4, 0.5) is 6.01 Å². The third kappa shape index (κ3) is 2.08. The molecular formula is C13H16N2O. The lowest BCUT2D eigenvalue weighted by Gasteiger charge is -2.00. The van der Waals surface area contributed by atoms with E-state index >= 15 is 0 Å². The molecule has 0 spiro atoms. The van der Waals surface area contributed by atoms with Gasteiger partial charge < -0.3 is 10.2 Å². The molecule has 0 fully saturated rings.